The van der Waals surface area contributed by atoms with Gasteiger partial charge in [-0.25, -0.2) is 0 Å². The lowest BCUT2D eigenvalue weighted by Gasteiger charge is -2.26. The van der Waals surface area contributed by atoms with Crippen LogP contribution in [0.5, 0.6) is 0 Å². The van der Waals surface area contributed by atoms with E-state index in [1.165, 1.54) is 38.8 Å². The molecule has 0 radical (unpaired) electrons. The van der Waals surface area contributed by atoms with E-state index < -0.39 is 0 Å². The van der Waals surface area contributed by atoms with Crippen LogP contribution in [-0.2, 0) is 0 Å². The molecule has 0 amide bonds. The summed E-state index contributed by atoms with van der Waals surface area (Å²) in [6.07, 6.45) is 5.13. The highest BCUT2D eigenvalue weighted by Crippen LogP contribution is 2.06. The lowest BCUT2D eigenvalue weighted by Crippen LogP contribution is -2.33. The maximum atomic E-state index is 3.37. The molecule has 0 fully saturated rings. The van der Waals surface area contributed by atoms with Gasteiger partial charge in [0.1, 0.15) is 0 Å². The fourth-order valence-corrected chi connectivity index (χ4v) is 2.01. The molecule has 15 heavy (non-hydrogen) atoms. The Morgan fingerprint density at radius 2 is 1.80 bits per heavy atom. The standard InChI is InChI=1S/C13H30N2/c1-6-10-15(12(3)4)11-8-9-13(7-2)14-5/h12-14H,6-11H2,1-5H3. The monoisotopic (exact) mass is 214 g/mol. The van der Waals surface area contributed by atoms with E-state index in [0.29, 0.717) is 12.1 Å². The summed E-state index contributed by atoms with van der Waals surface area (Å²) in [7, 11) is 2.07. The second-order valence-electron chi connectivity index (χ2n) is 4.67. The molecule has 0 saturated heterocycles. The second-order valence-corrected chi connectivity index (χ2v) is 4.67. The molecule has 1 unspecified atom stereocenters. The molecule has 0 aliphatic heterocycles. The van der Waals surface area contributed by atoms with Crippen molar-refractivity contribution in [2.75, 3.05) is 20.1 Å². The summed E-state index contributed by atoms with van der Waals surface area (Å²) in [6.45, 7) is 11.6. The second kappa shape index (κ2) is 9.17. The minimum atomic E-state index is 0.694. The minimum Gasteiger partial charge on any atom is -0.317 e. The van der Waals surface area contributed by atoms with E-state index in [2.05, 4.69) is 45.0 Å². The van der Waals surface area contributed by atoms with Gasteiger partial charge in [-0.1, -0.05) is 13.8 Å². The van der Waals surface area contributed by atoms with Gasteiger partial charge in [0, 0.05) is 12.1 Å². The Morgan fingerprint density at radius 1 is 1.13 bits per heavy atom. The van der Waals surface area contributed by atoms with E-state index in [9.17, 15) is 0 Å². The van der Waals surface area contributed by atoms with Crippen LogP contribution in [0.1, 0.15) is 53.4 Å². The first-order valence-electron chi connectivity index (χ1n) is 6.56. The molecule has 2 heteroatoms. The van der Waals surface area contributed by atoms with Crippen LogP contribution in [0.4, 0.5) is 0 Å². The molecule has 0 aliphatic carbocycles. The zero-order valence-electron chi connectivity index (χ0n) is 11.3. The molecule has 0 aromatic heterocycles. The van der Waals surface area contributed by atoms with E-state index in [-0.39, 0.29) is 0 Å². The van der Waals surface area contributed by atoms with Crippen molar-refractivity contribution in [3.8, 4) is 0 Å². The molecule has 0 aliphatic rings. The summed E-state index contributed by atoms with van der Waals surface area (Å²) in [5.74, 6) is 0. The summed E-state index contributed by atoms with van der Waals surface area (Å²) in [5, 5.41) is 3.37. The molecule has 0 heterocycles. The predicted molar refractivity (Wildman–Crippen MR) is 69.4 cm³/mol. The molecule has 0 rings (SSSR count). The average Bonchev–Trinajstić information content (AvgIpc) is 2.22. The van der Waals surface area contributed by atoms with Crippen LogP contribution in [0, 0.1) is 0 Å². The third-order valence-corrected chi connectivity index (χ3v) is 3.14. The van der Waals surface area contributed by atoms with Crippen LogP contribution >= 0.6 is 0 Å². The molecule has 0 spiro atoms. The third-order valence-electron chi connectivity index (χ3n) is 3.14. The normalized spacial score (nSPS) is 13.8. The van der Waals surface area contributed by atoms with Crippen LogP contribution < -0.4 is 5.32 Å². The highest BCUT2D eigenvalue weighted by molar-refractivity contribution is 4.66. The van der Waals surface area contributed by atoms with Crippen molar-refractivity contribution in [1.29, 1.82) is 0 Å². The molecule has 0 aromatic carbocycles. The van der Waals surface area contributed by atoms with Crippen LogP contribution in [0.25, 0.3) is 0 Å². The Morgan fingerprint density at radius 3 is 2.20 bits per heavy atom. The molecule has 1 atom stereocenters. The lowest BCUT2D eigenvalue weighted by atomic mass is 10.1. The van der Waals surface area contributed by atoms with E-state index >= 15 is 0 Å². The van der Waals surface area contributed by atoms with Gasteiger partial charge < -0.3 is 10.2 Å². The summed E-state index contributed by atoms with van der Waals surface area (Å²) >= 11 is 0. The molecule has 0 aromatic rings. The molecule has 2 nitrogen and oxygen atoms in total. The summed E-state index contributed by atoms with van der Waals surface area (Å²) in [4.78, 5) is 2.59. The van der Waals surface area contributed by atoms with E-state index in [1.54, 1.807) is 0 Å². The molecule has 92 valence electrons. The van der Waals surface area contributed by atoms with Gasteiger partial charge in [0.05, 0.1) is 0 Å². The van der Waals surface area contributed by atoms with Crippen molar-refractivity contribution in [2.24, 2.45) is 0 Å². The summed E-state index contributed by atoms with van der Waals surface area (Å²) in [5.41, 5.74) is 0. The number of nitrogens with one attached hydrogen (secondary N) is 1. The van der Waals surface area contributed by atoms with Crippen molar-refractivity contribution >= 4 is 0 Å². The van der Waals surface area contributed by atoms with Crippen molar-refractivity contribution in [1.82, 2.24) is 10.2 Å². The summed E-state index contributed by atoms with van der Waals surface area (Å²) in [6, 6.07) is 1.40. The molecule has 1 N–H and O–H groups in total. The topological polar surface area (TPSA) is 15.3 Å². The Hall–Kier alpha value is -0.0800. The number of nitrogens with zero attached hydrogens (tertiary/aromatic N) is 1. The Kier molecular flexibility index (Phi) is 9.12. The van der Waals surface area contributed by atoms with Gasteiger partial charge in [0.15, 0.2) is 0 Å². The van der Waals surface area contributed by atoms with Gasteiger partial charge in [-0.15, -0.1) is 0 Å². The quantitative estimate of drug-likeness (QED) is 0.635. The summed E-state index contributed by atoms with van der Waals surface area (Å²) < 4.78 is 0. The Labute approximate surface area is 96.4 Å². The van der Waals surface area contributed by atoms with Crippen molar-refractivity contribution in [2.45, 2.75) is 65.5 Å². The van der Waals surface area contributed by atoms with Gasteiger partial charge in [0.2, 0.25) is 0 Å². The molecule has 0 saturated carbocycles. The smallest absolute Gasteiger partial charge is 0.00619 e. The number of hydrogen-bond acceptors (Lipinski definition) is 2. The Bertz CT molecular complexity index is 130. The minimum absolute atomic E-state index is 0.694. The van der Waals surface area contributed by atoms with Crippen LogP contribution in [0.15, 0.2) is 0 Å². The van der Waals surface area contributed by atoms with Crippen LogP contribution in [-0.4, -0.2) is 37.1 Å². The first-order chi connectivity index (χ1) is 7.15. The Balaban J connectivity index is 3.69. The van der Waals surface area contributed by atoms with Gasteiger partial charge in [0.25, 0.3) is 0 Å². The van der Waals surface area contributed by atoms with Gasteiger partial charge in [-0.3, -0.25) is 0 Å². The highest BCUT2D eigenvalue weighted by atomic mass is 15.1. The fraction of sp³-hybridized carbons (Fsp3) is 1.00. The van der Waals surface area contributed by atoms with Crippen molar-refractivity contribution in [3.63, 3.8) is 0 Å². The highest BCUT2D eigenvalue weighted by Gasteiger charge is 2.09. The van der Waals surface area contributed by atoms with Gasteiger partial charge in [-0.05, 0) is 59.7 Å². The van der Waals surface area contributed by atoms with Crippen molar-refractivity contribution < 1.29 is 0 Å². The number of hydrogen-bond donors (Lipinski definition) is 1. The third kappa shape index (κ3) is 6.91. The first-order valence-corrected chi connectivity index (χ1v) is 6.56. The maximum Gasteiger partial charge on any atom is 0.00619 e. The van der Waals surface area contributed by atoms with E-state index in [4.69, 9.17) is 0 Å². The van der Waals surface area contributed by atoms with Crippen LogP contribution in [0.3, 0.4) is 0 Å². The molecular formula is C13H30N2. The predicted octanol–water partition coefficient (Wildman–Crippen LogP) is 2.89. The zero-order chi connectivity index (χ0) is 11.7. The zero-order valence-corrected chi connectivity index (χ0v) is 11.3. The van der Waals surface area contributed by atoms with Gasteiger partial charge >= 0.3 is 0 Å². The first kappa shape index (κ1) is 14.9. The van der Waals surface area contributed by atoms with E-state index in [0.717, 1.165) is 0 Å². The molecular weight excluding hydrogens is 184 g/mol. The molecule has 0 bridgehead atoms. The van der Waals surface area contributed by atoms with Gasteiger partial charge in [-0.2, -0.15) is 0 Å². The average molecular weight is 214 g/mol. The van der Waals surface area contributed by atoms with E-state index in [1.807, 2.05) is 0 Å². The van der Waals surface area contributed by atoms with Crippen LogP contribution in [0.2, 0.25) is 0 Å². The fourth-order valence-electron chi connectivity index (χ4n) is 2.01. The number of rotatable bonds is 9. The maximum absolute atomic E-state index is 3.37. The van der Waals surface area contributed by atoms with Crippen molar-refractivity contribution in [3.05, 3.63) is 0 Å². The largest absolute Gasteiger partial charge is 0.317 e. The SMILES string of the molecule is CCCN(CCCC(CC)NC)C(C)C. The lowest BCUT2D eigenvalue weighted by molar-refractivity contribution is 0.214.